The van der Waals surface area contributed by atoms with Crippen LogP contribution < -0.4 is 5.32 Å². The van der Waals surface area contributed by atoms with E-state index in [2.05, 4.69) is 26.2 Å². The standard InChI is InChI=1S/C16H12BrClN2/c17-12-4-6-13(7-5-12)20-10-11-3-8-15(18)14-2-1-9-19-16(11)14/h1-9,20H,10H2. The van der Waals surface area contributed by atoms with Crippen molar-refractivity contribution in [2.24, 2.45) is 0 Å². The lowest BCUT2D eigenvalue weighted by Gasteiger charge is -2.09. The van der Waals surface area contributed by atoms with Crippen molar-refractivity contribution >= 4 is 44.1 Å². The van der Waals surface area contributed by atoms with Crippen LogP contribution in [-0.4, -0.2) is 4.98 Å². The molecule has 0 radical (unpaired) electrons. The van der Waals surface area contributed by atoms with Crippen LogP contribution in [-0.2, 0) is 6.54 Å². The number of benzene rings is 2. The predicted molar refractivity (Wildman–Crippen MR) is 88.2 cm³/mol. The maximum absolute atomic E-state index is 6.20. The molecule has 0 saturated carbocycles. The van der Waals surface area contributed by atoms with Gasteiger partial charge in [0.25, 0.3) is 0 Å². The minimum Gasteiger partial charge on any atom is -0.381 e. The summed E-state index contributed by atoms with van der Waals surface area (Å²) in [6, 6.07) is 15.9. The molecule has 20 heavy (non-hydrogen) atoms. The molecule has 3 aromatic rings. The molecule has 0 fully saturated rings. The van der Waals surface area contributed by atoms with E-state index < -0.39 is 0 Å². The average Bonchev–Trinajstić information content (AvgIpc) is 2.49. The van der Waals surface area contributed by atoms with Gasteiger partial charge in [-0.15, -0.1) is 0 Å². The first-order chi connectivity index (χ1) is 9.74. The second kappa shape index (κ2) is 5.81. The summed E-state index contributed by atoms with van der Waals surface area (Å²) < 4.78 is 1.07. The molecule has 1 N–H and O–H groups in total. The number of fused-ring (bicyclic) bond motifs is 1. The molecule has 0 amide bonds. The highest BCUT2D eigenvalue weighted by atomic mass is 79.9. The van der Waals surface area contributed by atoms with E-state index in [0.29, 0.717) is 6.54 Å². The van der Waals surface area contributed by atoms with Crippen molar-refractivity contribution in [1.29, 1.82) is 0 Å². The highest BCUT2D eigenvalue weighted by Crippen LogP contribution is 2.25. The SMILES string of the molecule is Clc1ccc(CNc2ccc(Br)cc2)c2ncccc12. The van der Waals surface area contributed by atoms with Crippen LogP contribution in [0.3, 0.4) is 0 Å². The molecule has 0 aliphatic rings. The van der Waals surface area contributed by atoms with Gasteiger partial charge in [0.05, 0.1) is 5.52 Å². The van der Waals surface area contributed by atoms with E-state index >= 15 is 0 Å². The van der Waals surface area contributed by atoms with Crippen LogP contribution in [0.5, 0.6) is 0 Å². The molecule has 0 aliphatic heterocycles. The second-order valence-electron chi connectivity index (χ2n) is 4.47. The summed E-state index contributed by atoms with van der Waals surface area (Å²) in [5.74, 6) is 0. The van der Waals surface area contributed by atoms with Crippen LogP contribution in [0, 0.1) is 0 Å². The molecule has 0 saturated heterocycles. The third-order valence-corrected chi connectivity index (χ3v) is 3.99. The van der Waals surface area contributed by atoms with Crippen molar-refractivity contribution in [1.82, 2.24) is 4.98 Å². The fourth-order valence-electron chi connectivity index (χ4n) is 2.10. The third-order valence-electron chi connectivity index (χ3n) is 3.13. The van der Waals surface area contributed by atoms with Crippen LogP contribution in [0.15, 0.2) is 59.2 Å². The highest BCUT2D eigenvalue weighted by Gasteiger charge is 2.05. The summed E-state index contributed by atoms with van der Waals surface area (Å²) in [6.45, 7) is 0.715. The van der Waals surface area contributed by atoms with Crippen molar-refractivity contribution in [2.45, 2.75) is 6.54 Å². The number of hydrogen-bond acceptors (Lipinski definition) is 2. The Balaban J connectivity index is 1.88. The molecule has 1 heterocycles. The zero-order chi connectivity index (χ0) is 13.9. The van der Waals surface area contributed by atoms with Gasteiger partial charge < -0.3 is 5.32 Å². The number of nitrogens with one attached hydrogen (secondary N) is 1. The molecule has 100 valence electrons. The number of hydrogen-bond donors (Lipinski definition) is 1. The zero-order valence-electron chi connectivity index (χ0n) is 10.6. The Hall–Kier alpha value is -1.58. The minimum absolute atomic E-state index is 0.715. The topological polar surface area (TPSA) is 24.9 Å². The van der Waals surface area contributed by atoms with Gasteiger partial charge in [-0.3, -0.25) is 4.98 Å². The van der Waals surface area contributed by atoms with Gasteiger partial charge >= 0.3 is 0 Å². The van der Waals surface area contributed by atoms with Crippen molar-refractivity contribution in [2.75, 3.05) is 5.32 Å². The maximum atomic E-state index is 6.20. The van der Waals surface area contributed by atoms with Crippen LogP contribution >= 0.6 is 27.5 Å². The Bertz CT molecular complexity index is 741. The number of anilines is 1. The first kappa shape index (κ1) is 13.4. The van der Waals surface area contributed by atoms with Crippen molar-refractivity contribution < 1.29 is 0 Å². The molecule has 2 aromatic carbocycles. The quantitative estimate of drug-likeness (QED) is 0.699. The summed E-state index contributed by atoms with van der Waals surface area (Å²) in [4.78, 5) is 4.44. The summed E-state index contributed by atoms with van der Waals surface area (Å²) in [5.41, 5.74) is 3.16. The molecule has 1 aromatic heterocycles. The van der Waals surface area contributed by atoms with Crippen molar-refractivity contribution in [3.63, 3.8) is 0 Å². The van der Waals surface area contributed by atoms with Crippen LogP contribution in [0.4, 0.5) is 5.69 Å². The van der Waals surface area contributed by atoms with E-state index in [9.17, 15) is 0 Å². The second-order valence-corrected chi connectivity index (χ2v) is 5.79. The largest absolute Gasteiger partial charge is 0.381 e. The molecule has 0 aliphatic carbocycles. The van der Waals surface area contributed by atoms with Gasteiger partial charge in [-0.2, -0.15) is 0 Å². The smallest absolute Gasteiger partial charge is 0.0766 e. The molecular formula is C16H12BrClN2. The van der Waals surface area contributed by atoms with Crippen LogP contribution in [0.25, 0.3) is 10.9 Å². The Morgan fingerprint density at radius 1 is 1.05 bits per heavy atom. The highest BCUT2D eigenvalue weighted by molar-refractivity contribution is 9.10. The average molecular weight is 348 g/mol. The minimum atomic E-state index is 0.715. The number of aromatic nitrogens is 1. The first-order valence-electron chi connectivity index (χ1n) is 6.25. The fourth-order valence-corrected chi connectivity index (χ4v) is 2.58. The predicted octanol–water partition coefficient (Wildman–Crippen LogP) is 5.26. The zero-order valence-corrected chi connectivity index (χ0v) is 12.9. The molecule has 2 nitrogen and oxygen atoms in total. The number of rotatable bonds is 3. The summed E-state index contributed by atoms with van der Waals surface area (Å²) >= 11 is 9.63. The maximum Gasteiger partial charge on any atom is 0.0766 e. The van der Waals surface area contributed by atoms with Gasteiger partial charge in [0, 0.05) is 33.3 Å². The molecule has 0 unspecified atom stereocenters. The number of nitrogens with zero attached hydrogens (tertiary/aromatic N) is 1. The van der Waals surface area contributed by atoms with Crippen molar-refractivity contribution in [3.05, 3.63) is 69.8 Å². The van der Waals surface area contributed by atoms with E-state index in [4.69, 9.17) is 11.6 Å². The van der Waals surface area contributed by atoms with E-state index in [-0.39, 0.29) is 0 Å². The summed E-state index contributed by atoms with van der Waals surface area (Å²) in [6.07, 6.45) is 1.79. The molecular weight excluding hydrogens is 336 g/mol. The molecule has 3 rings (SSSR count). The Morgan fingerprint density at radius 3 is 2.65 bits per heavy atom. The van der Waals surface area contributed by atoms with Gasteiger partial charge in [-0.25, -0.2) is 0 Å². The molecule has 0 spiro atoms. The fraction of sp³-hybridized carbons (Fsp3) is 0.0625. The third kappa shape index (κ3) is 2.79. The van der Waals surface area contributed by atoms with Gasteiger partial charge in [-0.05, 0) is 48.0 Å². The monoisotopic (exact) mass is 346 g/mol. The van der Waals surface area contributed by atoms with E-state index in [0.717, 1.165) is 31.6 Å². The van der Waals surface area contributed by atoms with Gasteiger partial charge in [0.15, 0.2) is 0 Å². The van der Waals surface area contributed by atoms with Crippen LogP contribution in [0.1, 0.15) is 5.56 Å². The van der Waals surface area contributed by atoms with Crippen molar-refractivity contribution in [3.8, 4) is 0 Å². The van der Waals surface area contributed by atoms with E-state index in [1.807, 2.05) is 48.5 Å². The Kier molecular flexibility index (Phi) is 3.90. The van der Waals surface area contributed by atoms with E-state index in [1.165, 1.54) is 0 Å². The first-order valence-corrected chi connectivity index (χ1v) is 7.43. The molecule has 4 heteroatoms. The number of halogens is 2. The lowest BCUT2D eigenvalue weighted by Crippen LogP contribution is -2.00. The van der Waals surface area contributed by atoms with Gasteiger partial charge in [-0.1, -0.05) is 33.6 Å². The Labute approximate surface area is 130 Å². The summed E-state index contributed by atoms with van der Waals surface area (Å²) in [7, 11) is 0. The van der Waals surface area contributed by atoms with E-state index in [1.54, 1.807) is 6.20 Å². The lowest BCUT2D eigenvalue weighted by atomic mass is 10.1. The molecule has 0 atom stereocenters. The Morgan fingerprint density at radius 2 is 1.85 bits per heavy atom. The van der Waals surface area contributed by atoms with Crippen LogP contribution in [0.2, 0.25) is 5.02 Å². The number of pyridine rings is 1. The van der Waals surface area contributed by atoms with Gasteiger partial charge in [0.2, 0.25) is 0 Å². The summed E-state index contributed by atoms with van der Waals surface area (Å²) in [5, 5.41) is 5.12. The normalized spacial score (nSPS) is 10.7. The lowest BCUT2D eigenvalue weighted by molar-refractivity contribution is 1.15. The van der Waals surface area contributed by atoms with Gasteiger partial charge in [0.1, 0.15) is 0 Å². The molecule has 0 bridgehead atoms.